The average molecular weight is 611 g/mol. The Kier molecular flexibility index (Phi) is 12.8. The number of aryl methyl sites for hydroxylation is 2. The first-order valence-corrected chi connectivity index (χ1v) is 15.4. The molecule has 2 aromatic heterocycles. The Balaban J connectivity index is 1.02. The summed E-state index contributed by atoms with van der Waals surface area (Å²) in [5.74, 6) is 0. The zero-order chi connectivity index (χ0) is 30.9. The van der Waals surface area contributed by atoms with Gasteiger partial charge in [0.05, 0.1) is 37.8 Å². The Bertz CT molecular complexity index is 1010. The molecule has 0 aromatic carbocycles. The molecule has 2 aromatic rings. The topological polar surface area (TPSA) is 265 Å². The first-order valence-electron chi connectivity index (χ1n) is 15.4. The summed E-state index contributed by atoms with van der Waals surface area (Å²) in [4.78, 5) is 0. The maximum Gasteiger partial charge on any atom is 0.109 e. The molecule has 0 spiro atoms. The van der Waals surface area contributed by atoms with E-state index in [2.05, 4.69) is 20.6 Å². The molecule has 0 bridgehead atoms. The van der Waals surface area contributed by atoms with Crippen molar-refractivity contribution < 1.29 is 29.9 Å². The van der Waals surface area contributed by atoms with Gasteiger partial charge in [-0.3, -0.25) is 9.36 Å². The van der Waals surface area contributed by atoms with Gasteiger partial charge in [-0.25, -0.2) is 0 Å². The van der Waals surface area contributed by atoms with Crippen molar-refractivity contribution in [3.63, 3.8) is 0 Å². The number of aliphatic hydroxyl groups excluding tert-OH is 4. The fourth-order valence-electron chi connectivity index (χ4n) is 5.84. The van der Waals surface area contributed by atoms with Gasteiger partial charge in [-0.15, -0.1) is 10.2 Å². The van der Waals surface area contributed by atoms with E-state index in [0.29, 0.717) is 24.2 Å². The van der Waals surface area contributed by atoms with E-state index in [4.69, 9.17) is 32.4 Å². The summed E-state index contributed by atoms with van der Waals surface area (Å²) >= 11 is 0. The SMILES string of the molecule is N[C@@H]1C[C@H](N)[C@@H](OCc2cn(CCCCCCCCCn3cc(CO[C@H]4[C@H](O)[C@@H](O)[C@H](N)C[C@@H]4N)nn3)nn2)[C@H](O)[C@H]1O. The number of ether oxygens (including phenoxy) is 2. The van der Waals surface area contributed by atoms with Crippen LogP contribution in [-0.4, -0.2) is 111 Å². The zero-order valence-electron chi connectivity index (χ0n) is 24.7. The second-order valence-electron chi connectivity index (χ2n) is 12.1. The minimum Gasteiger partial charge on any atom is -0.389 e. The van der Waals surface area contributed by atoms with E-state index >= 15 is 0 Å². The monoisotopic (exact) mass is 610 g/mol. The van der Waals surface area contributed by atoms with E-state index < -0.39 is 60.8 Å². The summed E-state index contributed by atoms with van der Waals surface area (Å²) < 4.78 is 15.1. The summed E-state index contributed by atoms with van der Waals surface area (Å²) in [5.41, 5.74) is 25.0. The normalized spacial score (nSPS) is 33.2. The molecule has 4 rings (SSSR count). The largest absolute Gasteiger partial charge is 0.389 e. The second-order valence-corrected chi connectivity index (χ2v) is 12.1. The van der Waals surface area contributed by atoms with Crippen LogP contribution in [0.1, 0.15) is 69.2 Å². The lowest BCUT2D eigenvalue weighted by Gasteiger charge is -2.39. The van der Waals surface area contributed by atoms with Crippen LogP contribution in [0.5, 0.6) is 0 Å². The molecule has 2 heterocycles. The predicted octanol–water partition coefficient (Wildman–Crippen LogP) is -2.37. The molecular formula is C27H50N10O6. The molecule has 16 nitrogen and oxygen atoms in total. The van der Waals surface area contributed by atoms with Gasteiger partial charge in [0, 0.05) is 37.3 Å². The number of nitrogens with two attached hydrogens (primary N) is 4. The Labute approximate surface area is 251 Å². The zero-order valence-corrected chi connectivity index (χ0v) is 24.7. The molecule has 2 saturated carbocycles. The quantitative estimate of drug-likeness (QED) is 0.0924. The van der Waals surface area contributed by atoms with Gasteiger partial charge in [0.25, 0.3) is 0 Å². The van der Waals surface area contributed by atoms with Gasteiger partial charge in [-0.1, -0.05) is 42.5 Å². The third kappa shape index (κ3) is 9.43. The van der Waals surface area contributed by atoms with Crippen molar-refractivity contribution in [3.8, 4) is 0 Å². The first-order chi connectivity index (χ1) is 20.6. The van der Waals surface area contributed by atoms with Crippen molar-refractivity contribution in [3.05, 3.63) is 23.8 Å². The summed E-state index contributed by atoms with van der Waals surface area (Å²) in [5, 5.41) is 57.0. The molecule has 2 aliphatic carbocycles. The fraction of sp³-hybridized carbons (Fsp3) is 0.852. The Morgan fingerprint density at radius 3 is 1.35 bits per heavy atom. The minimum atomic E-state index is -1.13. The molecule has 12 N–H and O–H groups in total. The lowest BCUT2D eigenvalue weighted by atomic mass is 9.85. The Hall–Kier alpha value is -2.12. The van der Waals surface area contributed by atoms with Crippen molar-refractivity contribution in [1.82, 2.24) is 30.0 Å². The number of hydrogen-bond donors (Lipinski definition) is 8. The van der Waals surface area contributed by atoms with Crippen LogP contribution in [0.15, 0.2) is 12.4 Å². The molecule has 2 aliphatic rings. The highest BCUT2D eigenvalue weighted by atomic mass is 16.5. The van der Waals surface area contributed by atoms with Gasteiger partial charge < -0.3 is 52.8 Å². The molecule has 0 unspecified atom stereocenters. The molecule has 43 heavy (non-hydrogen) atoms. The highest BCUT2D eigenvalue weighted by molar-refractivity contribution is 5.00. The summed E-state index contributed by atoms with van der Waals surface area (Å²) in [6.45, 7) is 1.84. The van der Waals surface area contributed by atoms with Crippen LogP contribution in [-0.2, 0) is 35.8 Å². The fourth-order valence-corrected chi connectivity index (χ4v) is 5.84. The molecule has 0 radical (unpaired) electrons. The minimum absolute atomic E-state index is 0.154. The van der Waals surface area contributed by atoms with Crippen molar-refractivity contribution in [2.45, 2.75) is 145 Å². The molecule has 10 atom stereocenters. The van der Waals surface area contributed by atoms with Crippen LogP contribution < -0.4 is 22.9 Å². The van der Waals surface area contributed by atoms with Crippen LogP contribution >= 0.6 is 0 Å². The van der Waals surface area contributed by atoms with Crippen molar-refractivity contribution >= 4 is 0 Å². The van der Waals surface area contributed by atoms with Crippen LogP contribution in [0, 0.1) is 0 Å². The lowest BCUT2D eigenvalue weighted by Crippen LogP contribution is -2.61. The van der Waals surface area contributed by atoms with Gasteiger partial charge >= 0.3 is 0 Å². The van der Waals surface area contributed by atoms with E-state index in [1.165, 1.54) is 0 Å². The Morgan fingerprint density at radius 2 is 0.953 bits per heavy atom. The van der Waals surface area contributed by atoms with E-state index in [1.54, 1.807) is 9.36 Å². The highest BCUT2D eigenvalue weighted by Gasteiger charge is 2.42. The number of rotatable bonds is 16. The van der Waals surface area contributed by atoms with Crippen LogP contribution in [0.2, 0.25) is 0 Å². The van der Waals surface area contributed by atoms with E-state index in [1.807, 2.05) is 12.4 Å². The number of aliphatic hydroxyl groups is 4. The molecular weight excluding hydrogens is 560 g/mol. The van der Waals surface area contributed by atoms with Gasteiger partial charge in [0.1, 0.15) is 35.8 Å². The van der Waals surface area contributed by atoms with E-state index in [0.717, 1.165) is 58.0 Å². The van der Waals surface area contributed by atoms with E-state index in [-0.39, 0.29) is 13.2 Å². The van der Waals surface area contributed by atoms with Gasteiger partial charge in [0.15, 0.2) is 0 Å². The number of hydrogen-bond acceptors (Lipinski definition) is 14. The number of aromatic nitrogens is 6. The molecule has 0 saturated heterocycles. The molecule has 0 aliphatic heterocycles. The molecule has 2 fully saturated rings. The number of nitrogens with zero attached hydrogens (tertiary/aromatic N) is 6. The third-order valence-corrected chi connectivity index (χ3v) is 8.48. The molecule has 244 valence electrons. The maximum atomic E-state index is 10.2. The van der Waals surface area contributed by atoms with Crippen LogP contribution in [0.4, 0.5) is 0 Å². The van der Waals surface area contributed by atoms with Gasteiger partial charge in [-0.05, 0) is 25.7 Å². The van der Waals surface area contributed by atoms with Crippen molar-refractivity contribution in [2.75, 3.05) is 0 Å². The van der Waals surface area contributed by atoms with Gasteiger partial charge in [0.2, 0.25) is 0 Å². The standard InChI is InChI=1S/C27H50N10O6/c28-18-10-20(30)26(24(40)22(18)38)42-14-16-12-36(34-32-16)8-6-4-2-1-3-5-7-9-37-13-17(33-35-37)15-43-27-21(31)11-19(29)23(39)25(27)41/h12-13,18-27,38-41H,1-11,14-15,28-31H2/t18-,19-,20+,21+,22+,23+,24-,25-,26-,27-/m1/s1. The van der Waals surface area contributed by atoms with Crippen LogP contribution in [0.3, 0.4) is 0 Å². The smallest absolute Gasteiger partial charge is 0.109 e. The molecule has 0 amide bonds. The molecule has 16 heteroatoms. The first kappa shape index (κ1) is 33.8. The maximum absolute atomic E-state index is 10.2. The highest BCUT2D eigenvalue weighted by Crippen LogP contribution is 2.23. The van der Waals surface area contributed by atoms with Crippen molar-refractivity contribution in [2.24, 2.45) is 22.9 Å². The third-order valence-electron chi connectivity index (χ3n) is 8.48. The summed E-state index contributed by atoms with van der Waals surface area (Å²) in [6, 6.07) is -2.03. The summed E-state index contributed by atoms with van der Waals surface area (Å²) in [6.07, 6.45) is 6.28. The van der Waals surface area contributed by atoms with E-state index in [9.17, 15) is 20.4 Å². The summed E-state index contributed by atoms with van der Waals surface area (Å²) in [7, 11) is 0. The van der Waals surface area contributed by atoms with Crippen molar-refractivity contribution in [1.29, 1.82) is 0 Å². The predicted molar refractivity (Wildman–Crippen MR) is 155 cm³/mol. The number of unbranched alkanes of at least 4 members (excludes halogenated alkanes) is 6. The average Bonchev–Trinajstić information content (AvgIpc) is 3.63. The second kappa shape index (κ2) is 16.3. The lowest BCUT2D eigenvalue weighted by molar-refractivity contribution is -0.132. The Morgan fingerprint density at radius 1 is 0.581 bits per heavy atom. The van der Waals surface area contributed by atoms with Crippen LogP contribution in [0.25, 0.3) is 0 Å². The van der Waals surface area contributed by atoms with Gasteiger partial charge in [-0.2, -0.15) is 0 Å².